The first kappa shape index (κ1) is 16.7. The molecule has 0 radical (unpaired) electrons. The molecule has 0 aliphatic rings. The standard InChI is InChI=1S/C14H20O5S/c1-11-6-8-14(9-7-11)20(16,17)18-10-4-5-12(2)19-13(3)15/h6-9,12H,4-5,10H2,1-3H3. The molecule has 1 aromatic carbocycles. The third-order valence-corrected chi connectivity index (χ3v) is 4.00. The second kappa shape index (κ2) is 7.40. The Morgan fingerprint density at radius 2 is 1.85 bits per heavy atom. The van der Waals surface area contributed by atoms with Crippen molar-refractivity contribution < 1.29 is 22.1 Å². The first-order valence-corrected chi connectivity index (χ1v) is 7.85. The second-order valence-corrected chi connectivity index (χ2v) is 6.27. The van der Waals surface area contributed by atoms with Crippen LogP contribution in [0.2, 0.25) is 0 Å². The van der Waals surface area contributed by atoms with E-state index in [0.717, 1.165) is 5.56 Å². The van der Waals surface area contributed by atoms with Crippen molar-refractivity contribution in [3.63, 3.8) is 0 Å². The summed E-state index contributed by atoms with van der Waals surface area (Å²) in [4.78, 5) is 10.9. The van der Waals surface area contributed by atoms with Gasteiger partial charge in [-0.3, -0.25) is 8.98 Å². The summed E-state index contributed by atoms with van der Waals surface area (Å²) in [5.74, 6) is -0.342. The summed E-state index contributed by atoms with van der Waals surface area (Å²) in [6, 6.07) is 6.48. The van der Waals surface area contributed by atoms with Gasteiger partial charge in [-0.2, -0.15) is 8.42 Å². The lowest BCUT2D eigenvalue weighted by molar-refractivity contribution is -0.145. The van der Waals surface area contributed by atoms with Gasteiger partial charge in [0.25, 0.3) is 10.1 Å². The van der Waals surface area contributed by atoms with Crippen LogP contribution in [0, 0.1) is 6.92 Å². The summed E-state index contributed by atoms with van der Waals surface area (Å²) in [7, 11) is -3.71. The highest BCUT2D eigenvalue weighted by atomic mass is 32.2. The van der Waals surface area contributed by atoms with Crippen molar-refractivity contribution in [2.45, 2.75) is 44.6 Å². The normalized spacial score (nSPS) is 12.9. The van der Waals surface area contributed by atoms with Crippen LogP contribution in [-0.2, 0) is 23.8 Å². The highest BCUT2D eigenvalue weighted by Crippen LogP contribution is 2.14. The van der Waals surface area contributed by atoms with Gasteiger partial charge in [0.2, 0.25) is 0 Å². The number of carbonyl (C=O) groups excluding carboxylic acids is 1. The number of ether oxygens (including phenoxy) is 1. The molecule has 0 saturated carbocycles. The fourth-order valence-corrected chi connectivity index (χ4v) is 2.60. The average molecular weight is 300 g/mol. The Hall–Kier alpha value is -1.40. The van der Waals surface area contributed by atoms with E-state index >= 15 is 0 Å². The summed E-state index contributed by atoms with van der Waals surface area (Å²) in [5, 5.41) is 0. The van der Waals surface area contributed by atoms with Crippen molar-refractivity contribution >= 4 is 16.1 Å². The lowest BCUT2D eigenvalue weighted by atomic mass is 10.2. The second-order valence-electron chi connectivity index (χ2n) is 4.65. The van der Waals surface area contributed by atoms with Crippen LogP contribution < -0.4 is 0 Å². The van der Waals surface area contributed by atoms with Crippen LogP contribution in [-0.4, -0.2) is 27.1 Å². The van der Waals surface area contributed by atoms with Crippen molar-refractivity contribution in [2.75, 3.05) is 6.61 Å². The van der Waals surface area contributed by atoms with Gasteiger partial charge in [-0.15, -0.1) is 0 Å². The number of carbonyl (C=O) groups is 1. The highest BCUT2D eigenvalue weighted by molar-refractivity contribution is 7.86. The van der Waals surface area contributed by atoms with Crippen LogP contribution in [0.15, 0.2) is 29.2 Å². The molecule has 0 aliphatic carbocycles. The van der Waals surface area contributed by atoms with Gasteiger partial charge in [0.1, 0.15) is 0 Å². The Morgan fingerprint density at radius 3 is 2.40 bits per heavy atom. The Morgan fingerprint density at radius 1 is 1.25 bits per heavy atom. The van der Waals surface area contributed by atoms with Gasteiger partial charge in [0.15, 0.2) is 0 Å². The molecule has 0 fully saturated rings. The minimum Gasteiger partial charge on any atom is -0.463 e. The van der Waals surface area contributed by atoms with Crippen molar-refractivity contribution in [3.05, 3.63) is 29.8 Å². The fourth-order valence-electron chi connectivity index (χ4n) is 1.65. The molecule has 5 nitrogen and oxygen atoms in total. The highest BCUT2D eigenvalue weighted by Gasteiger charge is 2.15. The minimum absolute atomic E-state index is 0.0712. The molecule has 0 heterocycles. The van der Waals surface area contributed by atoms with Gasteiger partial charge in [-0.1, -0.05) is 17.7 Å². The molecule has 0 N–H and O–H groups in total. The lowest BCUT2D eigenvalue weighted by Gasteiger charge is -2.11. The van der Waals surface area contributed by atoms with E-state index in [0.29, 0.717) is 12.8 Å². The van der Waals surface area contributed by atoms with Crippen LogP contribution in [0.25, 0.3) is 0 Å². The van der Waals surface area contributed by atoms with Crippen molar-refractivity contribution in [2.24, 2.45) is 0 Å². The van der Waals surface area contributed by atoms with Crippen molar-refractivity contribution in [3.8, 4) is 0 Å². The van der Waals surface area contributed by atoms with Gasteiger partial charge < -0.3 is 4.74 Å². The molecule has 1 aromatic rings. The molecule has 1 rings (SSSR count). The maximum absolute atomic E-state index is 11.9. The maximum Gasteiger partial charge on any atom is 0.302 e. The van der Waals surface area contributed by atoms with Crippen LogP contribution in [0.5, 0.6) is 0 Å². The predicted octanol–water partition coefficient (Wildman–Crippen LogP) is 2.43. The molecule has 0 saturated heterocycles. The Kier molecular flexibility index (Phi) is 6.16. The van der Waals surface area contributed by atoms with E-state index in [1.54, 1.807) is 19.1 Å². The van der Waals surface area contributed by atoms with Crippen LogP contribution in [0.3, 0.4) is 0 Å². The molecule has 6 heteroatoms. The van der Waals surface area contributed by atoms with E-state index in [1.807, 2.05) is 6.92 Å². The molecular weight excluding hydrogens is 280 g/mol. The van der Waals surface area contributed by atoms with Gasteiger partial charge in [-0.05, 0) is 38.8 Å². The van der Waals surface area contributed by atoms with E-state index in [1.165, 1.54) is 19.1 Å². The summed E-state index contributed by atoms with van der Waals surface area (Å²) < 4.78 is 33.6. The quantitative estimate of drug-likeness (QED) is 0.439. The van der Waals surface area contributed by atoms with E-state index in [4.69, 9.17) is 8.92 Å². The number of hydrogen-bond acceptors (Lipinski definition) is 5. The molecule has 0 bridgehead atoms. The zero-order valence-electron chi connectivity index (χ0n) is 12.0. The zero-order chi connectivity index (χ0) is 15.2. The predicted molar refractivity (Wildman–Crippen MR) is 74.8 cm³/mol. The average Bonchev–Trinajstić information content (AvgIpc) is 2.34. The first-order valence-electron chi connectivity index (χ1n) is 6.44. The molecule has 1 unspecified atom stereocenters. The third kappa shape index (κ3) is 5.71. The van der Waals surface area contributed by atoms with E-state index in [2.05, 4.69) is 0 Å². The van der Waals surface area contributed by atoms with E-state index < -0.39 is 10.1 Å². The summed E-state index contributed by atoms with van der Waals surface area (Å²) >= 11 is 0. The Labute approximate surface area is 120 Å². The third-order valence-electron chi connectivity index (χ3n) is 2.67. The van der Waals surface area contributed by atoms with Gasteiger partial charge >= 0.3 is 5.97 Å². The first-order chi connectivity index (χ1) is 9.31. The summed E-state index contributed by atoms with van der Waals surface area (Å²) in [6.45, 7) is 5.06. The zero-order valence-corrected chi connectivity index (χ0v) is 12.8. The molecule has 1 atom stereocenters. The van der Waals surface area contributed by atoms with Gasteiger partial charge in [-0.25, -0.2) is 0 Å². The van der Waals surface area contributed by atoms with Gasteiger partial charge in [0, 0.05) is 6.92 Å². The molecular formula is C14H20O5S. The number of esters is 1. The number of aryl methyl sites for hydroxylation is 1. The molecule has 20 heavy (non-hydrogen) atoms. The molecule has 0 aromatic heterocycles. The van der Waals surface area contributed by atoms with Crippen LogP contribution >= 0.6 is 0 Å². The minimum atomic E-state index is -3.71. The topological polar surface area (TPSA) is 69.7 Å². The smallest absolute Gasteiger partial charge is 0.302 e. The molecule has 0 spiro atoms. The monoisotopic (exact) mass is 300 g/mol. The van der Waals surface area contributed by atoms with Crippen molar-refractivity contribution in [1.29, 1.82) is 0 Å². The number of rotatable bonds is 7. The Bertz CT molecular complexity index is 533. The number of hydrogen-bond donors (Lipinski definition) is 0. The molecule has 0 amide bonds. The lowest BCUT2D eigenvalue weighted by Crippen LogP contribution is -2.14. The van der Waals surface area contributed by atoms with E-state index in [9.17, 15) is 13.2 Å². The molecule has 112 valence electrons. The van der Waals surface area contributed by atoms with E-state index in [-0.39, 0.29) is 23.6 Å². The SMILES string of the molecule is CC(=O)OC(C)CCCOS(=O)(=O)c1ccc(C)cc1. The van der Waals surface area contributed by atoms with Crippen LogP contribution in [0.1, 0.15) is 32.3 Å². The summed E-state index contributed by atoms with van der Waals surface area (Å²) in [5.41, 5.74) is 0.985. The maximum atomic E-state index is 11.9. The van der Waals surface area contributed by atoms with Gasteiger partial charge in [0.05, 0.1) is 17.6 Å². The fraction of sp³-hybridized carbons (Fsp3) is 0.500. The Balaban J connectivity index is 2.41. The molecule has 0 aliphatic heterocycles. The number of benzene rings is 1. The van der Waals surface area contributed by atoms with Crippen LogP contribution in [0.4, 0.5) is 0 Å². The van der Waals surface area contributed by atoms with Crippen molar-refractivity contribution in [1.82, 2.24) is 0 Å². The summed E-state index contributed by atoms with van der Waals surface area (Å²) in [6.07, 6.45) is 0.820. The largest absolute Gasteiger partial charge is 0.463 e.